The Morgan fingerprint density at radius 1 is 1.04 bits per heavy atom. The molecule has 0 radical (unpaired) electrons. The largest absolute Gasteiger partial charge is 0.417 e. The van der Waals surface area contributed by atoms with E-state index < -0.39 is 28.8 Å². The summed E-state index contributed by atoms with van der Waals surface area (Å²) in [5.41, 5.74) is 0.214. The normalized spacial score (nSPS) is 12.2. The zero-order valence-electron chi connectivity index (χ0n) is 14.4. The number of carbonyl (C=O) groups excluding carboxylic acids is 2. The SMILES string of the molecule is CC(=O)Nc1cccc([C@@H](C)NC(=O)Nc2ccc(Cl)c(C(F)(F)F)c2)c1. The molecule has 3 amide bonds. The first-order chi connectivity index (χ1) is 12.6. The number of anilines is 2. The molecule has 0 aliphatic rings. The molecule has 2 rings (SSSR count). The summed E-state index contributed by atoms with van der Waals surface area (Å²) in [6.07, 6.45) is -4.62. The van der Waals surface area contributed by atoms with Crippen LogP contribution in [0.25, 0.3) is 0 Å². The second-order valence-corrected chi connectivity index (χ2v) is 6.23. The topological polar surface area (TPSA) is 70.2 Å². The van der Waals surface area contributed by atoms with Crippen molar-refractivity contribution in [3.8, 4) is 0 Å². The molecule has 2 aromatic carbocycles. The molecule has 0 spiro atoms. The van der Waals surface area contributed by atoms with Crippen LogP contribution in [0.5, 0.6) is 0 Å². The van der Waals surface area contributed by atoms with Gasteiger partial charge in [-0.05, 0) is 42.8 Å². The smallest absolute Gasteiger partial charge is 0.331 e. The van der Waals surface area contributed by atoms with Gasteiger partial charge >= 0.3 is 12.2 Å². The molecule has 5 nitrogen and oxygen atoms in total. The van der Waals surface area contributed by atoms with Gasteiger partial charge in [-0.15, -0.1) is 0 Å². The van der Waals surface area contributed by atoms with Gasteiger partial charge < -0.3 is 16.0 Å². The van der Waals surface area contributed by atoms with Crippen LogP contribution in [0.1, 0.15) is 31.0 Å². The van der Waals surface area contributed by atoms with Gasteiger partial charge in [0.25, 0.3) is 0 Å². The van der Waals surface area contributed by atoms with E-state index in [0.29, 0.717) is 11.3 Å². The molecule has 27 heavy (non-hydrogen) atoms. The molecule has 0 saturated carbocycles. The van der Waals surface area contributed by atoms with Gasteiger partial charge in [0.2, 0.25) is 5.91 Å². The number of alkyl halides is 3. The summed E-state index contributed by atoms with van der Waals surface area (Å²) in [4.78, 5) is 23.2. The van der Waals surface area contributed by atoms with E-state index in [0.717, 1.165) is 12.1 Å². The maximum Gasteiger partial charge on any atom is 0.417 e. The van der Waals surface area contributed by atoms with Crippen LogP contribution in [0.15, 0.2) is 42.5 Å². The number of rotatable bonds is 4. The Bertz CT molecular complexity index is 856. The number of nitrogens with one attached hydrogen (secondary N) is 3. The highest BCUT2D eigenvalue weighted by molar-refractivity contribution is 6.31. The van der Waals surface area contributed by atoms with E-state index in [1.807, 2.05) is 0 Å². The summed E-state index contributed by atoms with van der Waals surface area (Å²) in [6, 6.07) is 8.84. The molecule has 0 unspecified atom stereocenters. The highest BCUT2D eigenvalue weighted by Gasteiger charge is 2.33. The van der Waals surface area contributed by atoms with E-state index >= 15 is 0 Å². The van der Waals surface area contributed by atoms with Crippen molar-refractivity contribution in [2.75, 3.05) is 10.6 Å². The van der Waals surface area contributed by atoms with Crippen LogP contribution in [0.3, 0.4) is 0 Å². The van der Waals surface area contributed by atoms with Gasteiger partial charge in [0.1, 0.15) is 0 Å². The highest BCUT2D eigenvalue weighted by Crippen LogP contribution is 2.36. The van der Waals surface area contributed by atoms with Gasteiger partial charge in [-0.25, -0.2) is 4.79 Å². The second kappa shape index (κ2) is 8.30. The van der Waals surface area contributed by atoms with E-state index in [1.165, 1.54) is 13.0 Å². The molecular weight excluding hydrogens is 383 g/mol. The summed E-state index contributed by atoms with van der Waals surface area (Å²) in [5, 5.41) is 7.16. The van der Waals surface area contributed by atoms with Crippen LogP contribution in [-0.2, 0) is 11.0 Å². The van der Waals surface area contributed by atoms with E-state index in [9.17, 15) is 22.8 Å². The number of amides is 3. The van der Waals surface area contributed by atoms with E-state index in [4.69, 9.17) is 11.6 Å². The van der Waals surface area contributed by atoms with Crippen molar-refractivity contribution in [2.24, 2.45) is 0 Å². The molecule has 0 bridgehead atoms. The average molecular weight is 400 g/mol. The molecule has 2 aromatic rings. The van der Waals surface area contributed by atoms with E-state index in [1.54, 1.807) is 31.2 Å². The standard InChI is InChI=1S/C18H17ClF3N3O2/c1-10(12-4-3-5-13(8-12)24-11(2)26)23-17(27)25-14-6-7-16(19)15(9-14)18(20,21)22/h3-10H,1-2H3,(H,24,26)(H2,23,25,27)/t10-/m1/s1. The lowest BCUT2D eigenvalue weighted by atomic mass is 10.1. The number of carbonyl (C=O) groups is 2. The van der Waals surface area contributed by atoms with E-state index in [-0.39, 0.29) is 11.6 Å². The Balaban J connectivity index is 2.06. The molecule has 9 heteroatoms. The van der Waals surface area contributed by atoms with Crippen LogP contribution in [-0.4, -0.2) is 11.9 Å². The van der Waals surface area contributed by atoms with Crippen molar-refractivity contribution < 1.29 is 22.8 Å². The Morgan fingerprint density at radius 3 is 2.33 bits per heavy atom. The molecule has 0 aliphatic carbocycles. The molecule has 1 atom stereocenters. The lowest BCUT2D eigenvalue weighted by Crippen LogP contribution is -2.31. The molecule has 0 aromatic heterocycles. The second-order valence-electron chi connectivity index (χ2n) is 5.82. The average Bonchev–Trinajstić information content (AvgIpc) is 2.55. The van der Waals surface area contributed by atoms with Crippen LogP contribution in [0.2, 0.25) is 5.02 Å². The van der Waals surface area contributed by atoms with Crippen LogP contribution >= 0.6 is 11.6 Å². The van der Waals surface area contributed by atoms with Gasteiger partial charge in [-0.3, -0.25) is 4.79 Å². The Hall–Kier alpha value is -2.74. The molecule has 0 saturated heterocycles. The number of benzene rings is 2. The summed E-state index contributed by atoms with van der Waals surface area (Å²) in [7, 11) is 0. The number of urea groups is 1. The highest BCUT2D eigenvalue weighted by atomic mass is 35.5. The first-order valence-electron chi connectivity index (χ1n) is 7.88. The van der Waals surface area contributed by atoms with Crippen LogP contribution < -0.4 is 16.0 Å². The number of hydrogen-bond acceptors (Lipinski definition) is 2. The number of hydrogen-bond donors (Lipinski definition) is 3. The summed E-state index contributed by atoms with van der Waals surface area (Å²) in [5.74, 6) is -0.228. The van der Waals surface area contributed by atoms with Crippen molar-refractivity contribution in [1.82, 2.24) is 5.32 Å². The van der Waals surface area contributed by atoms with Crippen LogP contribution in [0.4, 0.5) is 29.3 Å². The summed E-state index contributed by atoms with van der Waals surface area (Å²) >= 11 is 5.55. The van der Waals surface area contributed by atoms with Crippen molar-refractivity contribution >= 4 is 34.9 Å². The molecule has 0 aliphatic heterocycles. The van der Waals surface area contributed by atoms with Crippen molar-refractivity contribution in [3.63, 3.8) is 0 Å². The van der Waals surface area contributed by atoms with Gasteiger partial charge in [-0.1, -0.05) is 23.7 Å². The molecule has 0 fully saturated rings. The fourth-order valence-electron chi connectivity index (χ4n) is 2.36. The zero-order chi connectivity index (χ0) is 20.2. The van der Waals surface area contributed by atoms with Crippen molar-refractivity contribution in [2.45, 2.75) is 26.1 Å². The predicted molar refractivity (Wildman–Crippen MR) is 97.8 cm³/mol. The zero-order valence-corrected chi connectivity index (χ0v) is 15.2. The Morgan fingerprint density at radius 2 is 1.70 bits per heavy atom. The minimum Gasteiger partial charge on any atom is -0.331 e. The molecular formula is C18H17ClF3N3O2. The number of halogens is 4. The third kappa shape index (κ3) is 5.89. The molecule has 3 N–H and O–H groups in total. The monoisotopic (exact) mass is 399 g/mol. The predicted octanol–water partition coefficient (Wildman–Crippen LogP) is 5.20. The van der Waals surface area contributed by atoms with Gasteiger partial charge in [0.05, 0.1) is 16.6 Å². The Kier molecular flexibility index (Phi) is 6.32. The minimum atomic E-state index is -4.62. The molecule has 144 valence electrons. The lowest BCUT2D eigenvalue weighted by molar-refractivity contribution is -0.137. The van der Waals surface area contributed by atoms with Crippen molar-refractivity contribution in [1.29, 1.82) is 0 Å². The summed E-state index contributed by atoms with van der Waals surface area (Å²) in [6.45, 7) is 3.08. The maximum absolute atomic E-state index is 12.9. The van der Waals surface area contributed by atoms with E-state index in [2.05, 4.69) is 16.0 Å². The van der Waals surface area contributed by atoms with Gasteiger partial charge in [-0.2, -0.15) is 13.2 Å². The lowest BCUT2D eigenvalue weighted by Gasteiger charge is -2.17. The maximum atomic E-state index is 12.9. The van der Waals surface area contributed by atoms with Gasteiger partial charge in [0.15, 0.2) is 0 Å². The van der Waals surface area contributed by atoms with Gasteiger partial charge in [0, 0.05) is 18.3 Å². The van der Waals surface area contributed by atoms with Crippen LogP contribution in [0, 0.1) is 0 Å². The first-order valence-corrected chi connectivity index (χ1v) is 8.26. The minimum absolute atomic E-state index is 0.0385. The third-order valence-corrected chi connectivity index (χ3v) is 3.91. The third-order valence-electron chi connectivity index (χ3n) is 3.58. The fourth-order valence-corrected chi connectivity index (χ4v) is 2.58. The van der Waals surface area contributed by atoms with Crippen molar-refractivity contribution in [3.05, 3.63) is 58.6 Å². The first kappa shape index (κ1) is 20.6. The fraction of sp³-hybridized carbons (Fsp3) is 0.222. The summed E-state index contributed by atoms with van der Waals surface area (Å²) < 4.78 is 38.6. The molecule has 0 heterocycles. The Labute approximate surface area is 158 Å². The quantitative estimate of drug-likeness (QED) is 0.661.